The average Bonchev–Trinajstić information content (AvgIpc) is 3.00. The lowest BCUT2D eigenvalue weighted by Gasteiger charge is -2.13. The van der Waals surface area contributed by atoms with E-state index in [0.717, 1.165) is 11.3 Å². The Hall–Kier alpha value is -3.02. The van der Waals surface area contributed by atoms with Crippen LogP contribution in [-0.4, -0.2) is 37.5 Å². The molecule has 0 spiro atoms. The van der Waals surface area contributed by atoms with Gasteiger partial charge in [0.25, 0.3) is 0 Å². The van der Waals surface area contributed by atoms with E-state index in [1.165, 1.54) is 18.1 Å². The summed E-state index contributed by atoms with van der Waals surface area (Å²) in [5.74, 6) is 1.16. The standard InChI is InChI=1S/C20H23NO5/c1-5-25-16-9-6-15(7-10-16)8-11-19(22)21(3)13-17-12-18(14(2)26-17)20(23)24-4/h6-12H,5,13H2,1-4H3/b11-8+. The topological polar surface area (TPSA) is 69.0 Å². The Morgan fingerprint density at radius 1 is 1.23 bits per heavy atom. The van der Waals surface area contributed by atoms with E-state index in [0.29, 0.717) is 23.7 Å². The first-order valence-corrected chi connectivity index (χ1v) is 8.28. The van der Waals surface area contributed by atoms with Gasteiger partial charge in [0.2, 0.25) is 5.91 Å². The number of nitrogens with zero attached hydrogens (tertiary/aromatic N) is 1. The molecule has 1 heterocycles. The van der Waals surface area contributed by atoms with Gasteiger partial charge in [-0.3, -0.25) is 4.79 Å². The number of benzene rings is 1. The third-order valence-corrected chi connectivity index (χ3v) is 3.75. The molecule has 6 heteroatoms. The van der Waals surface area contributed by atoms with Crippen LogP contribution in [0.1, 0.15) is 34.4 Å². The predicted octanol–water partition coefficient (Wildman–Crippen LogP) is 3.45. The van der Waals surface area contributed by atoms with Gasteiger partial charge in [-0.15, -0.1) is 0 Å². The lowest BCUT2D eigenvalue weighted by molar-refractivity contribution is -0.125. The number of likely N-dealkylation sites (N-methyl/N-ethyl adjacent to an activating group) is 1. The molecule has 6 nitrogen and oxygen atoms in total. The van der Waals surface area contributed by atoms with Crippen LogP contribution in [0.15, 0.2) is 40.8 Å². The fourth-order valence-corrected chi connectivity index (χ4v) is 2.38. The number of esters is 1. The summed E-state index contributed by atoms with van der Waals surface area (Å²) < 4.78 is 15.6. The van der Waals surface area contributed by atoms with Crippen molar-refractivity contribution in [3.63, 3.8) is 0 Å². The summed E-state index contributed by atoms with van der Waals surface area (Å²) in [6, 6.07) is 9.08. The van der Waals surface area contributed by atoms with Gasteiger partial charge in [-0.1, -0.05) is 12.1 Å². The van der Waals surface area contributed by atoms with Gasteiger partial charge in [-0.25, -0.2) is 4.79 Å². The number of hydrogen-bond donors (Lipinski definition) is 0. The van der Waals surface area contributed by atoms with Crippen LogP contribution in [0, 0.1) is 6.92 Å². The number of methoxy groups -OCH3 is 1. The SMILES string of the molecule is CCOc1ccc(/C=C/C(=O)N(C)Cc2cc(C(=O)OC)c(C)o2)cc1. The summed E-state index contributed by atoms with van der Waals surface area (Å²) in [6.45, 7) is 4.48. The molecule has 0 aliphatic carbocycles. The molecule has 26 heavy (non-hydrogen) atoms. The van der Waals surface area contributed by atoms with Gasteiger partial charge in [0.1, 0.15) is 22.8 Å². The van der Waals surface area contributed by atoms with Crippen molar-refractivity contribution in [1.82, 2.24) is 4.90 Å². The Bertz CT molecular complexity index is 789. The van der Waals surface area contributed by atoms with Gasteiger partial charge in [0, 0.05) is 13.1 Å². The molecular weight excluding hydrogens is 334 g/mol. The van der Waals surface area contributed by atoms with E-state index in [9.17, 15) is 9.59 Å². The van der Waals surface area contributed by atoms with E-state index in [1.807, 2.05) is 31.2 Å². The van der Waals surface area contributed by atoms with Crippen molar-refractivity contribution >= 4 is 18.0 Å². The molecule has 1 amide bonds. The highest BCUT2D eigenvalue weighted by atomic mass is 16.5. The second kappa shape index (κ2) is 8.89. The number of ether oxygens (including phenoxy) is 2. The summed E-state index contributed by atoms with van der Waals surface area (Å²) in [7, 11) is 2.98. The molecule has 0 saturated carbocycles. The second-order valence-corrected chi connectivity index (χ2v) is 5.70. The van der Waals surface area contributed by atoms with Crippen LogP contribution in [0.3, 0.4) is 0 Å². The fourth-order valence-electron chi connectivity index (χ4n) is 2.38. The Morgan fingerprint density at radius 3 is 2.54 bits per heavy atom. The molecule has 0 aliphatic rings. The van der Waals surface area contributed by atoms with Crippen molar-refractivity contribution < 1.29 is 23.5 Å². The second-order valence-electron chi connectivity index (χ2n) is 5.70. The van der Waals surface area contributed by atoms with Gasteiger partial charge in [0.05, 0.1) is 20.3 Å². The molecule has 0 aliphatic heterocycles. The van der Waals surface area contributed by atoms with Gasteiger partial charge < -0.3 is 18.8 Å². The average molecular weight is 357 g/mol. The molecular formula is C20H23NO5. The smallest absolute Gasteiger partial charge is 0.341 e. The molecule has 2 aromatic rings. The zero-order valence-electron chi connectivity index (χ0n) is 15.4. The van der Waals surface area contributed by atoms with Crippen molar-refractivity contribution in [2.45, 2.75) is 20.4 Å². The van der Waals surface area contributed by atoms with E-state index in [4.69, 9.17) is 13.9 Å². The van der Waals surface area contributed by atoms with E-state index in [-0.39, 0.29) is 12.5 Å². The normalized spacial score (nSPS) is 10.8. The van der Waals surface area contributed by atoms with Crippen LogP contribution in [0.4, 0.5) is 0 Å². The molecule has 0 bridgehead atoms. The van der Waals surface area contributed by atoms with Crippen LogP contribution < -0.4 is 4.74 Å². The highest BCUT2D eigenvalue weighted by Gasteiger charge is 2.17. The Morgan fingerprint density at radius 2 is 1.92 bits per heavy atom. The highest BCUT2D eigenvalue weighted by molar-refractivity contribution is 5.92. The molecule has 138 valence electrons. The summed E-state index contributed by atoms with van der Waals surface area (Å²) in [5, 5.41) is 0. The van der Waals surface area contributed by atoms with Crippen molar-refractivity contribution in [3.05, 3.63) is 59.1 Å². The Balaban J connectivity index is 1.97. The van der Waals surface area contributed by atoms with Crippen LogP contribution in [0.5, 0.6) is 5.75 Å². The number of rotatable bonds is 7. The first-order valence-electron chi connectivity index (χ1n) is 8.28. The molecule has 0 fully saturated rings. The van der Waals surface area contributed by atoms with Crippen LogP contribution in [0.25, 0.3) is 6.08 Å². The number of amides is 1. The summed E-state index contributed by atoms with van der Waals surface area (Å²) in [4.78, 5) is 25.4. The van der Waals surface area contributed by atoms with Crippen molar-refractivity contribution in [2.75, 3.05) is 20.8 Å². The summed E-state index contributed by atoms with van der Waals surface area (Å²) in [5.41, 5.74) is 1.27. The number of furan rings is 1. The minimum Gasteiger partial charge on any atom is -0.494 e. The van der Waals surface area contributed by atoms with E-state index >= 15 is 0 Å². The molecule has 0 radical (unpaired) electrons. The van der Waals surface area contributed by atoms with E-state index in [1.54, 1.807) is 26.1 Å². The number of aryl methyl sites for hydroxylation is 1. The quantitative estimate of drug-likeness (QED) is 0.561. The molecule has 0 saturated heterocycles. The Labute approximate surface area is 153 Å². The maximum absolute atomic E-state index is 12.3. The molecule has 1 aromatic carbocycles. The van der Waals surface area contributed by atoms with Crippen LogP contribution >= 0.6 is 0 Å². The highest BCUT2D eigenvalue weighted by Crippen LogP contribution is 2.17. The van der Waals surface area contributed by atoms with Gasteiger partial charge >= 0.3 is 5.97 Å². The molecule has 0 unspecified atom stereocenters. The molecule has 1 aromatic heterocycles. The lowest BCUT2D eigenvalue weighted by atomic mass is 10.2. The predicted molar refractivity (Wildman–Crippen MR) is 97.9 cm³/mol. The van der Waals surface area contributed by atoms with Gasteiger partial charge in [-0.2, -0.15) is 0 Å². The number of carbonyl (C=O) groups excluding carboxylic acids is 2. The largest absolute Gasteiger partial charge is 0.494 e. The Kier molecular flexibility index (Phi) is 6.60. The van der Waals surface area contributed by atoms with Crippen LogP contribution in [-0.2, 0) is 16.1 Å². The monoisotopic (exact) mass is 357 g/mol. The summed E-state index contributed by atoms with van der Waals surface area (Å²) in [6.07, 6.45) is 3.23. The minimum atomic E-state index is -0.457. The molecule has 0 atom stereocenters. The van der Waals surface area contributed by atoms with Gasteiger partial charge in [0.15, 0.2) is 0 Å². The molecule has 0 N–H and O–H groups in total. The van der Waals surface area contributed by atoms with Crippen molar-refractivity contribution in [2.24, 2.45) is 0 Å². The van der Waals surface area contributed by atoms with Crippen molar-refractivity contribution in [1.29, 1.82) is 0 Å². The van der Waals surface area contributed by atoms with Crippen molar-refractivity contribution in [3.8, 4) is 5.75 Å². The third kappa shape index (κ3) is 4.99. The van der Waals surface area contributed by atoms with E-state index in [2.05, 4.69) is 0 Å². The lowest BCUT2D eigenvalue weighted by Crippen LogP contribution is -2.23. The van der Waals surface area contributed by atoms with Crippen LogP contribution in [0.2, 0.25) is 0 Å². The zero-order valence-corrected chi connectivity index (χ0v) is 15.4. The first-order chi connectivity index (χ1) is 12.4. The maximum Gasteiger partial charge on any atom is 0.341 e. The maximum atomic E-state index is 12.3. The van der Waals surface area contributed by atoms with Gasteiger partial charge in [-0.05, 0) is 43.7 Å². The first kappa shape index (κ1) is 19.3. The van der Waals surface area contributed by atoms with E-state index < -0.39 is 5.97 Å². The number of hydrogen-bond acceptors (Lipinski definition) is 5. The minimum absolute atomic E-state index is 0.174. The molecule has 2 rings (SSSR count). The third-order valence-electron chi connectivity index (χ3n) is 3.75. The summed E-state index contributed by atoms with van der Waals surface area (Å²) >= 11 is 0. The zero-order chi connectivity index (χ0) is 19.1. The number of carbonyl (C=O) groups is 2. The fraction of sp³-hybridized carbons (Fsp3) is 0.300.